The molecule has 0 spiro atoms. The molecule has 0 fully saturated rings. The van der Waals surface area contributed by atoms with Crippen molar-refractivity contribution in [3.05, 3.63) is 50.9 Å². The van der Waals surface area contributed by atoms with Crippen LogP contribution in [-0.2, 0) is 0 Å². The van der Waals surface area contributed by atoms with Crippen LogP contribution >= 0.6 is 23.2 Å². The van der Waals surface area contributed by atoms with E-state index in [0.29, 0.717) is 15.8 Å². The van der Waals surface area contributed by atoms with Gasteiger partial charge in [-0.1, -0.05) is 23.2 Å². The molecule has 0 saturated carbocycles. The Hall–Kier alpha value is -1.16. The predicted molar refractivity (Wildman–Crippen MR) is 82.1 cm³/mol. The van der Waals surface area contributed by atoms with Gasteiger partial charge in [0.1, 0.15) is 17.3 Å². The number of furan rings is 1. The van der Waals surface area contributed by atoms with Crippen molar-refractivity contribution in [1.29, 1.82) is 0 Å². The van der Waals surface area contributed by atoms with Crippen molar-refractivity contribution < 1.29 is 9.15 Å². The van der Waals surface area contributed by atoms with E-state index in [1.807, 2.05) is 33.0 Å². The first kappa shape index (κ1) is 15.2. The minimum absolute atomic E-state index is 0.0802. The van der Waals surface area contributed by atoms with Gasteiger partial charge in [-0.25, -0.2) is 0 Å². The molecule has 1 aromatic heterocycles. The molecule has 1 aromatic carbocycles. The Kier molecular flexibility index (Phi) is 4.63. The van der Waals surface area contributed by atoms with Gasteiger partial charge in [-0.2, -0.15) is 0 Å². The number of hydrogen-bond donors (Lipinski definition) is 1. The van der Waals surface area contributed by atoms with Crippen LogP contribution in [0.3, 0.4) is 0 Å². The number of halogens is 2. The molecule has 0 amide bonds. The second-order valence-electron chi connectivity index (χ2n) is 4.60. The maximum absolute atomic E-state index is 6.35. The third-order valence-corrected chi connectivity index (χ3v) is 3.88. The third-order valence-electron chi connectivity index (χ3n) is 3.26. The Morgan fingerprint density at radius 3 is 2.30 bits per heavy atom. The number of ether oxygens (including phenoxy) is 1. The molecule has 0 aliphatic carbocycles. The van der Waals surface area contributed by atoms with Gasteiger partial charge in [-0.15, -0.1) is 0 Å². The molecule has 3 nitrogen and oxygen atoms in total. The molecular formula is C15H17Cl2NO2. The predicted octanol–water partition coefficient (Wildman–Crippen LogP) is 4.52. The molecule has 2 rings (SSSR count). The molecule has 0 bridgehead atoms. The number of hydrogen-bond acceptors (Lipinski definition) is 3. The largest absolute Gasteiger partial charge is 0.495 e. The monoisotopic (exact) mass is 313 g/mol. The van der Waals surface area contributed by atoms with E-state index in [1.54, 1.807) is 13.2 Å². The van der Waals surface area contributed by atoms with Crippen LogP contribution in [0.4, 0.5) is 0 Å². The van der Waals surface area contributed by atoms with Crippen molar-refractivity contribution in [2.75, 3.05) is 14.2 Å². The maximum Gasteiger partial charge on any atom is 0.138 e. The summed E-state index contributed by atoms with van der Waals surface area (Å²) in [5, 5.41) is 4.38. The Labute approximate surface area is 128 Å². The topological polar surface area (TPSA) is 34.4 Å². The zero-order chi connectivity index (χ0) is 14.9. The van der Waals surface area contributed by atoms with E-state index in [9.17, 15) is 0 Å². The summed E-state index contributed by atoms with van der Waals surface area (Å²) >= 11 is 12.6. The van der Waals surface area contributed by atoms with Crippen LogP contribution in [0.25, 0.3) is 0 Å². The van der Waals surface area contributed by atoms with Crippen molar-refractivity contribution in [3.8, 4) is 5.75 Å². The summed E-state index contributed by atoms with van der Waals surface area (Å²) in [5.41, 5.74) is 1.94. The molecule has 20 heavy (non-hydrogen) atoms. The van der Waals surface area contributed by atoms with E-state index in [2.05, 4.69) is 5.32 Å². The van der Waals surface area contributed by atoms with E-state index in [-0.39, 0.29) is 6.04 Å². The van der Waals surface area contributed by atoms with Crippen LogP contribution in [0.15, 0.2) is 22.6 Å². The van der Waals surface area contributed by atoms with E-state index >= 15 is 0 Å². The van der Waals surface area contributed by atoms with Gasteiger partial charge >= 0.3 is 0 Å². The molecule has 0 radical (unpaired) electrons. The number of aryl methyl sites for hydroxylation is 2. The lowest BCUT2D eigenvalue weighted by atomic mass is 9.99. The van der Waals surface area contributed by atoms with Gasteiger partial charge in [-0.05, 0) is 38.6 Å². The van der Waals surface area contributed by atoms with Crippen LogP contribution in [-0.4, -0.2) is 14.2 Å². The van der Waals surface area contributed by atoms with E-state index in [1.165, 1.54) is 0 Å². The first-order chi connectivity index (χ1) is 9.47. The second-order valence-corrected chi connectivity index (χ2v) is 5.41. The fourth-order valence-electron chi connectivity index (χ4n) is 2.34. The van der Waals surface area contributed by atoms with Gasteiger partial charge in [0.15, 0.2) is 0 Å². The summed E-state index contributed by atoms with van der Waals surface area (Å²) in [6.45, 7) is 3.86. The van der Waals surface area contributed by atoms with E-state index in [0.717, 1.165) is 22.6 Å². The molecule has 2 aromatic rings. The van der Waals surface area contributed by atoms with Crippen LogP contribution < -0.4 is 10.1 Å². The molecule has 5 heteroatoms. The summed E-state index contributed by atoms with van der Waals surface area (Å²) in [7, 11) is 3.44. The standard InChI is InChI=1S/C15H17Cl2NO2/c1-8-5-10(9(2)20-8)15(18-3)11-6-13(17)14(19-4)7-12(11)16/h5-7,15,18H,1-4H3. The van der Waals surface area contributed by atoms with Crippen LogP contribution in [0.5, 0.6) is 5.75 Å². The quantitative estimate of drug-likeness (QED) is 0.901. The van der Waals surface area contributed by atoms with Crippen LogP contribution in [0.1, 0.15) is 28.7 Å². The van der Waals surface area contributed by atoms with Crippen molar-refractivity contribution in [3.63, 3.8) is 0 Å². The highest BCUT2D eigenvalue weighted by molar-refractivity contribution is 6.34. The average molecular weight is 314 g/mol. The summed E-state index contributed by atoms with van der Waals surface area (Å²) < 4.78 is 10.8. The fraction of sp³-hybridized carbons (Fsp3) is 0.333. The number of rotatable bonds is 4. The highest BCUT2D eigenvalue weighted by Crippen LogP contribution is 2.37. The summed E-state index contributed by atoms with van der Waals surface area (Å²) in [4.78, 5) is 0. The van der Waals surface area contributed by atoms with E-state index in [4.69, 9.17) is 32.4 Å². The Bertz CT molecular complexity index is 623. The lowest BCUT2D eigenvalue weighted by molar-refractivity contribution is 0.414. The van der Waals surface area contributed by atoms with Crippen molar-refractivity contribution in [2.45, 2.75) is 19.9 Å². The second kappa shape index (κ2) is 6.08. The molecule has 1 heterocycles. The van der Waals surface area contributed by atoms with Crippen molar-refractivity contribution in [2.24, 2.45) is 0 Å². The Balaban J connectivity index is 2.52. The summed E-state index contributed by atoms with van der Waals surface area (Å²) in [6.07, 6.45) is 0. The maximum atomic E-state index is 6.35. The summed E-state index contributed by atoms with van der Waals surface area (Å²) in [6, 6.07) is 5.48. The lowest BCUT2D eigenvalue weighted by Gasteiger charge is -2.19. The van der Waals surface area contributed by atoms with Gasteiger partial charge in [0.2, 0.25) is 0 Å². The molecule has 0 aliphatic heterocycles. The molecule has 1 atom stereocenters. The molecular weight excluding hydrogens is 297 g/mol. The number of nitrogens with one attached hydrogen (secondary N) is 1. The lowest BCUT2D eigenvalue weighted by Crippen LogP contribution is -2.18. The van der Waals surface area contributed by atoms with Crippen LogP contribution in [0.2, 0.25) is 10.0 Å². The number of methoxy groups -OCH3 is 1. The zero-order valence-electron chi connectivity index (χ0n) is 11.9. The first-order valence-electron chi connectivity index (χ1n) is 6.25. The Morgan fingerprint density at radius 1 is 1.10 bits per heavy atom. The molecule has 1 N–H and O–H groups in total. The minimum Gasteiger partial charge on any atom is -0.495 e. The van der Waals surface area contributed by atoms with Crippen molar-refractivity contribution >= 4 is 23.2 Å². The highest BCUT2D eigenvalue weighted by atomic mass is 35.5. The fourth-order valence-corrected chi connectivity index (χ4v) is 2.85. The normalized spacial score (nSPS) is 12.5. The molecule has 0 saturated heterocycles. The molecule has 0 aliphatic rings. The Morgan fingerprint density at radius 2 is 1.80 bits per heavy atom. The smallest absolute Gasteiger partial charge is 0.138 e. The van der Waals surface area contributed by atoms with E-state index < -0.39 is 0 Å². The van der Waals surface area contributed by atoms with Gasteiger partial charge in [0.25, 0.3) is 0 Å². The average Bonchev–Trinajstić information content (AvgIpc) is 2.73. The van der Waals surface area contributed by atoms with Gasteiger partial charge in [0, 0.05) is 16.7 Å². The zero-order valence-corrected chi connectivity index (χ0v) is 13.4. The highest BCUT2D eigenvalue weighted by Gasteiger charge is 2.21. The van der Waals surface area contributed by atoms with Gasteiger partial charge in [-0.3, -0.25) is 0 Å². The number of benzene rings is 1. The van der Waals surface area contributed by atoms with Crippen molar-refractivity contribution in [1.82, 2.24) is 5.32 Å². The first-order valence-corrected chi connectivity index (χ1v) is 7.00. The van der Waals surface area contributed by atoms with Gasteiger partial charge in [0.05, 0.1) is 18.2 Å². The molecule has 108 valence electrons. The molecule has 1 unspecified atom stereocenters. The summed E-state index contributed by atoms with van der Waals surface area (Å²) in [5.74, 6) is 2.30. The SMILES string of the molecule is CNC(c1cc(Cl)c(OC)cc1Cl)c1cc(C)oc1C. The minimum atomic E-state index is -0.0802. The van der Waals surface area contributed by atoms with Crippen LogP contribution in [0, 0.1) is 13.8 Å². The third kappa shape index (κ3) is 2.80. The van der Waals surface area contributed by atoms with Gasteiger partial charge < -0.3 is 14.5 Å².